The Morgan fingerprint density at radius 2 is 1.71 bits per heavy atom. The van der Waals surface area contributed by atoms with Crippen LogP contribution in [-0.4, -0.2) is 52.4 Å². The topological polar surface area (TPSA) is 98.2 Å². The molecule has 3 N–H and O–H groups in total. The lowest BCUT2D eigenvalue weighted by atomic mass is 9.91. The highest BCUT2D eigenvalue weighted by Gasteiger charge is 2.22. The van der Waals surface area contributed by atoms with Crippen molar-refractivity contribution in [3.8, 4) is 22.6 Å². The summed E-state index contributed by atoms with van der Waals surface area (Å²) in [5.41, 5.74) is 4.83. The third kappa shape index (κ3) is 6.73. The number of anilines is 2. The van der Waals surface area contributed by atoms with Crippen molar-refractivity contribution in [2.45, 2.75) is 77.5 Å². The van der Waals surface area contributed by atoms with Gasteiger partial charge in [-0.15, -0.1) is 0 Å². The summed E-state index contributed by atoms with van der Waals surface area (Å²) in [5, 5.41) is 10.8. The van der Waals surface area contributed by atoms with Crippen LogP contribution in [0.3, 0.4) is 0 Å². The summed E-state index contributed by atoms with van der Waals surface area (Å²) in [5.74, 6) is 3.01. The zero-order valence-corrected chi connectivity index (χ0v) is 24.9. The Morgan fingerprint density at radius 3 is 2.39 bits per heavy atom. The second-order valence-corrected chi connectivity index (χ2v) is 11.1. The Kier molecular flexibility index (Phi) is 9.24. The lowest BCUT2D eigenvalue weighted by Gasteiger charge is -2.29. The molecule has 0 spiro atoms. The van der Waals surface area contributed by atoms with Gasteiger partial charge in [0.2, 0.25) is 5.95 Å². The molecule has 2 aromatic carbocycles. The molecule has 0 bridgehead atoms. The first-order valence-electron chi connectivity index (χ1n) is 14.8. The Hall–Kier alpha value is -3.85. The lowest BCUT2D eigenvalue weighted by molar-refractivity contribution is 0.354. The standard InChI is InChI=1S/C32H43N7O2/c1-6-17-33-24-11-13-25(14-12-24)36-32-37-30(29-31(38-32)39(20-35-29)21(2)3)34-19-22-7-9-23(10-8-22)27-18-26(40-4)15-16-28(27)41-5/h7-10,15-16,18,20-21,24-25,33H,6,11-14,17,19H2,1-5H3,(H2,34,36,37,38). The van der Waals surface area contributed by atoms with Gasteiger partial charge in [-0.25, -0.2) is 4.98 Å². The van der Waals surface area contributed by atoms with E-state index in [0.717, 1.165) is 64.6 Å². The number of ether oxygens (including phenoxy) is 2. The van der Waals surface area contributed by atoms with Crippen LogP contribution in [0.1, 0.15) is 64.5 Å². The molecule has 41 heavy (non-hydrogen) atoms. The van der Waals surface area contributed by atoms with Crippen LogP contribution in [0, 0.1) is 0 Å². The van der Waals surface area contributed by atoms with Crippen LogP contribution in [0.4, 0.5) is 11.8 Å². The predicted octanol–water partition coefficient (Wildman–Crippen LogP) is 6.43. The Bertz CT molecular complexity index is 1430. The van der Waals surface area contributed by atoms with Crippen molar-refractivity contribution in [2.24, 2.45) is 0 Å². The third-order valence-corrected chi connectivity index (χ3v) is 7.85. The SMILES string of the molecule is CCCNC1CCC(Nc2nc(NCc3ccc(-c4cc(OC)ccc4OC)cc3)c3ncn(C(C)C)c3n2)CC1. The van der Waals surface area contributed by atoms with E-state index in [2.05, 4.69) is 70.5 Å². The summed E-state index contributed by atoms with van der Waals surface area (Å²) in [6.07, 6.45) is 7.60. The highest BCUT2D eigenvalue weighted by molar-refractivity contribution is 5.84. The van der Waals surface area contributed by atoms with Crippen molar-refractivity contribution < 1.29 is 9.47 Å². The molecule has 0 aliphatic heterocycles. The summed E-state index contributed by atoms with van der Waals surface area (Å²) in [6, 6.07) is 15.5. The molecule has 2 aromatic heterocycles. The number of aromatic nitrogens is 4. The molecule has 1 aliphatic rings. The van der Waals surface area contributed by atoms with Crippen LogP contribution in [0.15, 0.2) is 48.8 Å². The number of imidazole rings is 1. The van der Waals surface area contributed by atoms with Gasteiger partial charge in [0.15, 0.2) is 17.0 Å². The molecule has 0 amide bonds. The van der Waals surface area contributed by atoms with Crippen LogP contribution in [0.25, 0.3) is 22.3 Å². The van der Waals surface area contributed by atoms with E-state index in [4.69, 9.17) is 19.4 Å². The molecule has 1 saturated carbocycles. The van der Waals surface area contributed by atoms with Crippen molar-refractivity contribution in [2.75, 3.05) is 31.4 Å². The fourth-order valence-electron chi connectivity index (χ4n) is 5.48. The van der Waals surface area contributed by atoms with Gasteiger partial charge in [-0.05, 0) is 81.8 Å². The summed E-state index contributed by atoms with van der Waals surface area (Å²) in [4.78, 5) is 14.5. The highest BCUT2D eigenvalue weighted by atomic mass is 16.5. The number of rotatable bonds is 12. The number of fused-ring (bicyclic) bond motifs is 1. The van der Waals surface area contributed by atoms with Gasteiger partial charge in [0.05, 0.1) is 20.5 Å². The smallest absolute Gasteiger partial charge is 0.227 e. The quantitative estimate of drug-likeness (QED) is 0.183. The minimum absolute atomic E-state index is 0.247. The predicted molar refractivity (Wildman–Crippen MR) is 166 cm³/mol. The summed E-state index contributed by atoms with van der Waals surface area (Å²) in [6.45, 7) is 8.22. The van der Waals surface area contributed by atoms with E-state index >= 15 is 0 Å². The average molecular weight is 558 g/mol. The minimum atomic E-state index is 0.247. The van der Waals surface area contributed by atoms with Gasteiger partial charge >= 0.3 is 0 Å². The molecule has 0 radical (unpaired) electrons. The molecule has 5 rings (SSSR count). The van der Waals surface area contributed by atoms with Gasteiger partial charge in [-0.2, -0.15) is 9.97 Å². The van der Waals surface area contributed by atoms with E-state index in [1.807, 2.05) is 24.5 Å². The molecule has 9 nitrogen and oxygen atoms in total. The largest absolute Gasteiger partial charge is 0.497 e. The monoisotopic (exact) mass is 557 g/mol. The molecule has 9 heteroatoms. The second kappa shape index (κ2) is 13.2. The Balaban J connectivity index is 1.32. The van der Waals surface area contributed by atoms with Gasteiger partial charge in [-0.3, -0.25) is 0 Å². The van der Waals surface area contributed by atoms with E-state index in [0.29, 0.717) is 24.6 Å². The molecule has 4 aromatic rings. The molecule has 0 unspecified atom stereocenters. The molecule has 218 valence electrons. The van der Waals surface area contributed by atoms with Crippen LogP contribution < -0.4 is 25.4 Å². The number of nitrogens with one attached hydrogen (secondary N) is 3. The molecule has 1 fully saturated rings. The zero-order chi connectivity index (χ0) is 28.8. The maximum absolute atomic E-state index is 5.58. The zero-order valence-electron chi connectivity index (χ0n) is 24.9. The van der Waals surface area contributed by atoms with Crippen LogP contribution in [0.2, 0.25) is 0 Å². The van der Waals surface area contributed by atoms with Crippen molar-refractivity contribution >= 4 is 22.9 Å². The van der Waals surface area contributed by atoms with Crippen molar-refractivity contribution in [3.05, 3.63) is 54.4 Å². The van der Waals surface area contributed by atoms with Gasteiger partial charge < -0.3 is 30.0 Å². The first-order chi connectivity index (χ1) is 20.0. The minimum Gasteiger partial charge on any atom is -0.497 e. The first-order valence-corrected chi connectivity index (χ1v) is 14.8. The van der Waals surface area contributed by atoms with E-state index < -0.39 is 0 Å². The number of benzene rings is 2. The summed E-state index contributed by atoms with van der Waals surface area (Å²) in [7, 11) is 3.36. The summed E-state index contributed by atoms with van der Waals surface area (Å²) >= 11 is 0. The number of hydrogen-bond acceptors (Lipinski definition) is 8. The molecule has 0 atom stereocenters. The fraction of sp³-hybridized carbons (Fsp3) is 0.469. The molecule has 0 saturated heterocycles. The maximum atomic E-state index is 5.58. The first kappa shape index (κ1) is 28.7. The van der Waals surface area contributed by atoms with Crippen molar-refractivity contribution in [3.63, 3.8) is 0 Å². The van der Waals surface area contributed by atoms with E-state index in [1.54, 1.807) is 14.2 Å². The van der Waals surface area contributed by atoms with Crippen LogP contribution >= 0.6 is 0 Å². The number of methoxy groups -OCH3 is 2. The van der Waals surface area contributed by atoms with Crippen LogP contribution in [0.5, 0.6) is 11.5 Å². The maximum Gasteiger partial charge on any atom is 0.227 e. The Labute approximate surface area is 243 Å². The van der Waals surface area contributed by atoms with Gasteiger partial charge in [0, 0.05) is 30.2 Å². The van der Waals surface area contributed by atoms with Crippen molar-refractivity contribution in [1.82, 2.24) is 24.8 Å². The van der Waals surface area contributed by atoms with Crippen molar-refractivity contribution in [1.29, 1.82) is 0 Å². The molecule has 1 aliphatic carbocycles. The molecule has 2 heterocycles. The number of hydrogen-bond donors (Lipinski definition) is 3. The lowest BCUT2D eigenvalue weighted by Crippen LogP contribution is -2.37. The van der Waals surface area contributed by atoms with E-state index in [1.165, 1.54) is 19.3 Å². The third-order valence-electron chi connectivity index (χ3n) is 7.85. The van der Waals surface area contributed by atoms with Gasteiger partial charge in [-0.1, -0.05) is 31.2 Å². The number of nitrogens with zero attached hydrogens (tertiary/aromatic N) is 4. The van der Waals surface area contributed by atoms with E-state index in [9.17, 15) is 0 Å². The average Bonchev–Trinajstić information content (AvgIpc) is 3.44. The normalized spacial score (nSPS) is 17.1. The van der Waals surface area contributed by atoms with Gasteiger partial charge in [0.25, 0.3) is 0 Å². The second-order valence-electron chi connectivity index (χ2n) is 11.1. The summed E-state index contributed by atoms with van der Waals surface area (Å²) < 4.78 is 13.1. The van der Waals surface area contributed by atoms with E-state index in [-0.39, 0.29) is 6.04 Å². The fourth-order valence-corrected chi connectivity index (χ4v) is 5.48. The highest BCUT2D eigenvalue weighted by Crippen LogP contribution is 2.34. The Morgan fingerprint density at radius 1 is 0.951 bits per heavy atom. The van der Waals surface area contributed by atoms with Gasteiger partial charge in [0.1, 0.15) is 11.5 Å². The van der Waals surface area contributed by atoms with Crippen LogP contribution in [-0.2, 0) is 6.54 Å². The molecular formula is C32H43N7O2. The molecular weight excluding hydrogens is 514 g/mol.